The third kappa shape index (κ3) is 7.39. The van der Waals surface area contributed by atoms with Crippen LogP contribution in [0.25, 0.3) is 0 Å². The van der Waals surface area contributed by atoms with E-state index < -0.39 is 22.8 Å². The molecule has 1 heterocycles. The molecule has 0 fully saturated rings. The zero-order valence-corrected chi connectivity index (χ0v) is 16.7. The van der Waals surface area contributed by atoms with Gasteiger partial charge in [0.1, 0.15) is 5.82 Å². The van der Waals surface area contributed by atoms with Gasteiger partial charge in [-0.3, -0.25) is 5.32 Å². The molecule has 2 rings (SSSR count). The van der Waals surface area contributed by atoms with Crippen LogP contribution in [0.15, 0.2) is 24.3 Å². The van der Waals surface area contributed by atoms with Crippen molar-refractivity contribution in [3.8, 4) is 0 Å². The minimum Gasteiger partial charge on any atom is -0.370 e. The molecule has 0 saturated heterocycles. The first-order valence-electron chi connectivity index (χ1n) is 8.88. The Morgan fingerprint density at radius 3 is 2.52 bits per heavy atom. The molecule has 0 aliphatic carbocycles. The summed E-state index contributed by atoms with van der Waals surface area (Å²) in [5.41, 5.74) is -0.470. The molecule has 158 valence electrons. The number of hydrogen-bond acceptors (Lipinski definition) is 5. The molecule has 1 aromatic heterocycles. The minimum atomic E-state index is -4.63. The van der Waals surface area contributed by atoms with Crippen LogP contribution in [-0.2, 0) is 6.18 Å². The van der Waals surface area contributed by atoms with Gasteiger partial charge in [-0.1, -0.05) is 11.6 Å². The van der Waals surface area contributed by atoms with Crippen molar-refractivity contribution in [1.29, 1.82) is 0 Å². The minimum absolute atomic E-state index is 0.0326. The Balaban J connectivity index is 2.00. The fraction of sp³-hybridized carbons (Fsp3) is 0.389. The molecule has 29 heavy (non-hydrogen) atoms. The second-order valence-corrected chi connectivity index (χ2v) is 6.63. The highest BCUT2D eigenvalue weighted by atomic mass is 35.5. The van der Waals surface area contributed by atoms with Gasteiger partial charge in [0, 0.05) is 24.0 Å². The van der Waals surface area contributed by atoms with E-state index in [0.29, 0.717) is 18.1 Å². The van der Waals surface area contributed by atoms with Gasteiger partial charge in [0.15, 0.2) is 0 Å². The second-order valence-electron chi connectivity index (χ2n) is 6.23. The highest BCUT2D eigenvalue weighted by molar-refractivity contribution is 6.31. The van der Waals surface area contributed by atoms with Gasteiger partial charge in [0.2, 0.25) is 5.95 Å². The lowest BCUT2D eigenvalue weighted by atomic mass is 10.2. The quantitative estimate of drug-likeness (QED) is 0.462. The van der Waals surface area contributed by atoms with Crippen LogP contribution >= 0.6 is 11.6 Å². The molecule has 0 aliphatic rings. The lowest BCUT2D eigenvalue weighted by molar-refractivity contribution is -0.137. The van der Waals surface area contributed by atoms with E-state index in [1.54, 1.807) is 13.0 Å². The van der Waals surface area contributed by atoms with Gasteiger partial charge in [-0.25, -0.2) is 9.78 Å². The average Bonchev–Trinajstić information content (AvgIpc) is 2.61. The zero-order chi connectivity index (χ0) is 21.4. The summed E-state index contributed by atoms with van der Waals surface area (Å²) in [5, 5.41) is 10.5. The number of urea groups is 1. The van der Waals surface area contributed by atoms with Crippen molar-refractivity contribution in [3.05, 3.63) is 40.5 Å². The van der Waals surface area contributed by atoms with E-state index in [-0.39, 0.29) is 11.6 Å². The van der Waals surface area contributed by atoms with Crippen molar-refractivity contribution in [1.82, 2.24) is 15.3 Å². The summed E-state index contributed by atoms with van der Waals surface area (Å²) in [7, 11) is 1.89. The van der Waals surface area contributed by atoms with Crippen molar-refractivity contribution in [3.63, 3.8) is 0 Å². The van der Waals surface area contributed by atoms with Crippen molar-refractivity contribution in [2.75, 3.05) is 36.1 Å². The van der Waals surface area contributed by atoms with Gasteiger partial charge in [0.05, 0.1) is 10.6 Å². The first-order chi connectivity index (χ1) is 13.7. The molecule has 0 saturated carbocycles. The third-order valence-electron chi connectivity index (χ3n) is 3.77. The number of hydrogen-bond donors (Lipinski definition) is 4. The van der Waals surface area contributed by atoms with Crippen molar-refractivity contribution < 1.29 is 18.0 Å². The van der Waals surface area contributed by atoms with E-state index in [4.69, 9.17) is 11.6 Å². The van der Waals surface area contributed by atoms with Crippen LogP contribution in [-0.4, -0.2) is 36.1 Å². The predicted molar refractivity (Wildman–Crippen MR) is 108 cm³/mol. The first kappa shape index (κ1) is 22.7. The molecule has 7 nitrogen and oxygen atoms in total. The Kier molecular flexibility index (Phi) is 8.03. The molecule has 1 aromatic carbocycles. The molecule has 0 unspecified atom stereocenters. The van der Waals surface area contributed by atoms with Gasteiger partial charge < -0.3 is 16.0 Å². The van der Waals surface area contributed by atoms with E-state index in [1.165, 1.54) is 6.07 Å². The number of halogens is 4. The lowest BCUT2D eigenvalue weighted by Gasteiger charge is -2.12. The van der Waals surface area contributed by atoms with E-state index in [1.807, 2.05) is 7.05 Å². The summed E-state index contributed by atoms with van der Waals surface area (Å²) in [6.45, 7) is 3.36. The number of nitrogens with zero attached hydrogens (tertiary/aromatic N) is 2. The molecule has 0 aliphatic heterocycles. The monoisotopic (exact) mass is 430 g/mol. The maximum absolute atomic E-state index is 12.9. The predicted octanol–water partition coefficient (Wildman–Crippen LogP) is 4.51. The number of rotatable bonds is 8. The van der Waals surface area contributed by atoms with Gasteiger partial charge >= 0.3 is 12.2 Å². The van der Waals surface area contributed by atoms with Crippen molar-refractivity contribution in [2.24, 2.45) is 0 Å². The molecule has 0 spiro atoms. The molecule has 11 heteroatoms. The highest BCUT2D eigenvalue weighted by Gasteiger charge is 2.33. The zero-order valence-electron chi connectivity index (χ0n) is 16.0. The number of aryl methyl sites for hydroxylation is 1. The normalized spacial score (nSPS) is 11.2. The molecule has 2 amide bonds. The first-order valence-corrected chi connectivity index (χ1v) is 9.25. The van der Waals surface area contributed by atoms with E-state index in [9.17, 15) is 18.0 Å². The van der Waals surface area contributed by atoms with Crippen LogP contribution in [0.1, 0.15) is 24.1 Å². The van der Waals surface area contributed by atoms with Gasteiger partial charge in [-0.05, 0) is 51.6 Å². The van der Waals surface area contributed by atoms with Crippen molar-refractivity contribution >= 4 is 35.1 Å². The third-order valence-corrected chi connectivity index (χ3v) is 4.10. The molecular formula is C18H22ClF3N6O. The second kappa shape index (κ2) is 10.3. The Bertz CT molecular complexity index is 847. The van der Waals surface area contributed by atoms with Gasteiger partial charge in [0.25, 0.3) is 0 Å². The highest BCUT2D eigenvalue weighted by Crippen LogP contribution is 2.36. The fourth-order valence-corrected chi connectivity index (χ4v) is 2.67. The van der Waals surface area contributed by atoms with Gasteiger partial charge in [-0.2, -0.15) is 18.2 Å². The number of aromatic nitrogens is 2. The molecule has 0 radical (unpaired) electrons. The van der Waals surface area contributed by atoms with Crippen LogP contribution in [0.2, 0.25) is 5.02 Å². The number of carbonyl (C=O) groups excluding carboxylic acids is 1. The molecule has 0 bridgehead atoms. The lowest BCUT2D eigenvalue weighted by Crippen LogP contribution is -2.22. The number of benzene rings is 1. The topological polar surface area (TPSA) is 91.0 Å². The number of carbonyl (C=O) groups is 1. The molecule has 2 aromatic rings. The number of anilines is 3. The van der Waals surface area contributed by atoms with Crippen LogP contribution in [0.3, 0.4) is 0 Å². The van der Waals surface area contributed by atoms with Crippen LogP contribution in [0.4, 0.5) is 35.4 Å². The number of unbranched alkanes of at least 4 members (excludes halogenated alkanes) is 1. The Hall–Kier alpha value is -2.59. The number of amides is 2. The fourth-order valence-electron chi connectivity index (χ4n) is 2.44. The number of nitrogens with one attached hydrogen (secondary N) is 4. The van der Waals surface area contributed by atoms with Crippen LogP contribution in [0.5, 0.6) is 0 Å². The Morgan fingerprint density at radius 1 is 1.10 bits per heavy atom. The standard InChI is InChI=1S/C18H22ClF3N6O/c1-11-9-15(24-8-4-3-7-23-2)27-16(25-11)28-17(29)26-12-5-6-14(19)13(10-12)18(20,21)22/h5-6,9-10,23H,3-4,7-8H2,1-2H3,(H3,24,25,26,27,28,29). The summed E-state index contributed by atoms with van der Waals surface area (Å²) < 4.78 is 38.8. The molecule has 4 N–H and O–H groups in total. The van der Waals surface area contributed by atoms with E-state index in [0.717, 1.165) is 31.5 Å². The molecular weight excluding hydrogens is 409 g/mol. The molecule has 0 atom stereocenters. The Morgan fingerprint density at radius 2 is 1.83 bits per heavy atom. The summed E-state index contributed by atoms with van der Waals surface area (Å²) in [5.74, 6) is 0.577. The van der Waals surface area contributed by atoms with Crippen LogP contribution < -0.4 is 21.3 Å². The SMILES string of the molecule is CNCCCCNc1cc(C)nc(NC(=O)Nc2ccc(Cl)c(C(F)(F)F)c2)n1. The maximum atomic E-state index is 12.9. The summed E-state index contributed by atoms with van der Waals surface area (Å²) in [6, 6.07) is 4.06. The van der Waals surface area contributed by atoms with Gasteiger partial charge in [-0.15, -0.1) is 0 Å². The Labute approximate surface area is 171 Å². The van der Waals surface area contributed by atoms with E-state index >= 15 is 0 Å². The summed E-state index contributed by atoms with van der Waals surface area (Å²) in [6.07, 6.45) is -2.69. The van der Waals surface area contributed by atoms with Crippen LogP contribution in [0, 0.1) is 6.92 Å². The summed E-state index contributed by atoms with van der Waals surface area (Å²) in [4.78, 5) is 20.4. The largest absolute Gasteiger partial charge is 0.417 e. The average molecular weight is 431 g/mol. The smallest absolute Gasteiger partial charge is 0.370 e. The maximum Gasteiger partial charge on any atom is 0.417 e. The van der Waals surface area contributed by atoms with E-state index in [2.05, 4.69) is 31.2 Å². The summed E-state index contributed by atoms with van der Waals surface area (Å²) >= 11 is 5.57. The number of alkyl halides is 3. The van der Waals surface area contributed by atoms with Crippen molar-refractivity contribution in [2.45, 2.75) is 25.9 Å².